The van der Waals surface area contributed by atoms with E-state index in [1.807, 2.05) is 13.8 Å². The van der Waals surface area contributed by atoms with Gasteiger partial charge in [-0.05, 0) is 18.8 Å². The summed E-state index contributed by atoms with van der Waals surface area (Å²) in [4.78, 5) is 23.9. The van der Waals surface area contributed by atoms with E-state index in [0.717, 1.165) is 6.42 Å². The summed E-state index contributed by atoms with van der Waals surface area (Å²) in [5, 5.41) is 11.6. The highest BCUT2D eigenvalue weighted by molar-refractivity contribution is 5.83. The predicted octanol–water partition coefficient (Wildman–Crippen LogP) is 0.901. The number of nitrogens with zero attached hydrogens (tertiary/aromatic N) is 1. The highest BCUT2D eigenvalue weighted by Crippen LogP contribution is 2.17. The van der Waals surface area contributed by atoms with Gasteiger partial charge in [-0.25, -0.2) is 9.59 Å². The van der Waals surface area contributed by atoms with Crippen LogP contribution in [0.2, 0.25) is 0 Å². The minimum atomic E-state index is -0.910. The highest BCUT2D eigenvalue weighted by Gasteiger charge is 2.33. The van der Waals surface area contributed by atoms with Crippen LogP contribution in [0.1, 0.15) is 26.7 Å². The van der Waals surface area contributed by atoms with Crippen molar-refractivity contribution in [2.75, 3.05) is 13.1 Å². The lowest BCUT2D eigenvalue weighted by atomic mass is 10.2. The molecule has 1 rings (SSSR count). The lowest BCUT2D eigenvalue weighted by Crippen LogP contribution is -2.46. The molecule has 0 spiro atoms. The van der Waals surface area contributed by atoms with Crippen LogP contribution in [0.5, 0.6) is 0 Å². The van der Waals surface area contributed by atoms with E-state index >= 15 is 0 Å². The van der Waals surface area contributed by atoms with Crippen molar-refractivity contribution in [1.82, 2.24) is 10.2 Å². The van der Waals surface area contributed by atoms with Gasteiger partial charge >= 0.3 is 12.0 Å². The fraction of sp³-hybridized carbons (Fsp3) is 0.800. The lowest BCUT2D eigenvalue weighted by molar-refractivity contribution is -0.141. The van der Waals surface area contributed by atoms with Gasteiger partial charge in [-0.2, -0.15) is 0 Å². The quantitative estimate of drug-likeness (QED) is 0.733. The van der Waals surface area contributed by atoms with Crippen LogP contribution in [0, 0.1) is 5.92 Å². The minimum absolute atomic E-state index is 0.256. The van der Waals surface area contributed by atoms with Crippen LogP contribution in [0.25, 0.3) is 0 Å². The smallest absolute Gasteiger partial charge is 0.326 e. The van der Waals surface area contributed by atoms with Gasteiger partial charge in [0.05, 0.1) is 0 Å². The maximum Gasteiger partial charge on any atom is 0.326 e. The number of carbonyl (C=O) groups excluding carboxylic acids is 1. The summed E-state index contributed by atoms with van der Waals surface area (Å²) in [6.07, 6.45) is 1.33. The maximum absolute atomic E-state index is 11.6. The third-order valence-electron chi connectivity index (χ3n) is 2.46. The molecule has 0 bridgehead atoms. The topological polar surface area (TPSA) is 69.6 Å². The lowest BCUT2D eigenvalue weighted by Gasteiger charge is -2.22. The van der Waals surface area contributed by atoms with E-state index in [0.29, 0.717) is 25.4 Å². The van der Waals surface area contributed by atoms with Crippen molar-refractivity contribution in [3.05, 3.63) is 0 Å². The largest absolute Gasteiger partial charge is 0.480 e. The third kappa shape index (κ3) is 3.11. The number of carboxylic acid groups (broad SMARTS) is 1. The number of likely N-dealkylation sites (tertiary alicyclic amines) is 1. The molecule has 0 saturated carbocycles. The molecule has 0 radical (unpaired) electrons. The Balaban J connectivity index is 2.47. The zero-order valence-electron chi connectivity index (χ0n) is 9.19. The van der Waals surface area contributed by atoms with Gasteiger partial charge in [-0.1, -0.05) is 13.8 Å². The molecule has 1 aliphatic heterocycles. The number of nitrogens with one attached hydrogen (secondary N) is 1. The summed E-state index contributed by atoms with van der Waals surface area (Å²) >= 11 is 0. The molecule has 2 amide bonds. The van der Waals surface area contributed by atoms with Crippen molar-refractivity contribution in [1.29, 1.82) is 0 Å². The van der Waals surface area contributed by atoms with E-state index in [1.54, 1.807) is 0 Å². The zero-order chi connectivity index (χ0) is 11.4. The number of urea groups is 1. The Kier molecular flexibility index (Phi) is 3.94. The Morgan fingerprint density at radius 3 is 2.73 bits per heavy atom. The number of rotatable bonds is 3. The van der Waals surface area contributed by atoms with E-state index in [9.17, 15) is 9.59 Å². The van der Waals surface area contributed by atoms with Gasteiger partial charge in [-0.15, -0.1) is 0 Å². The van der Waals surface area contributed by atoms with Crippen molar-refractivity contribution in [2.45, 2.75) is 32.7 Å². The molecule has 5 nitrogen and oxygen atoms in total. The van der Waals surface area contributed by atoms with Gasteiger partial charge < -0.3 is 15.3 Å². The zero-order valence-corrected chi connectivity index (χ0v) is 9.19. The Hall–Kier alpha value is -1.26. The van der Waals surface area contributed by atoms with E-state index in [1.165, 1.54) is 4.90 Å². The molecule has 1 fully saturated rings. The standard InChI is InChI=1S/C10H18N2O3/c1-7(2)6-11-10(15)12-5-3-4-8(12)9(13)14/h7-8H,3-6H2,1-2H3,(H,11,15)(H,13,14)/t8-/m1/s1. The molecule has 5 heteroatoms. The van der Waals surface area contributed by atoms with Crippen LogP contribution in [0.3, 0.4) is 0 Å². The number of hydrogen-bond donors (Lipinski definition) is 2. The summed E-state index contributed by atoms with van der Waals surface area (Å²) in [7, 11) is 0. The van der Waals surface area contributed by atoms with Crippen LogP contribution >= 0.6 is 0 Å². The fourth-order valence-electron chi connectivity index (χ4n) is 1.66. The number of carbonyl (C=O) groups is 2. The summed E-state index contributed by atoms with van der Waals surface area (Å²) in [6, 6.07) is -0.897. The van der Waals surface area contributed by atoms with Gasteiger partial charge in [0.25, 0.3) is 0 Å². The van der Waals surface area contributed by atoms with Crippen molar-refractivity contribution in [3.63, 3.8) is 0 Å². The molecule has 86 valence electrons. The molecular formula is C10H18N2O3. The second kappa shape index (κ2) is 5.00. The summed E-state index contributed by atoms with van der Waals surface area (Å²) in [5.41, 5.74) is 0. The SMILES string of the molecule is CC(C)CNC(=O)N1CCC[C@@H]1C(=O)O. The van der Waals surface area contributed by atoms with Crippen LogP contribution in [-0.4, -0.2) is 41.1 Å². The van der Waals surface area contributed by atoms with Gasteiger partial charge in [0.2, 0.25) is 0 Å². The van der Waals surface area contributed by atoms with Crippen molar-refractivity contribution in [3.8, 4) is 0 Å². The van der Waals surface area contributed by atoms with Crippen LogP contribution < -0.4 is 5.32 Å². The summed E-state index contributed by atoms with van der Waals surface area (Å²) in [5.74, 6) is -0.535. The summed E-state index contributed by atoms with van der Waals surface area (Å²) in [6.45, 7) is 5.13. The molecule has 1 heterocycles. The second-order valence-electron chi connectivity index (χ2n) is 4.27. The Bertz CT molecular complexity index is 253. The normalized spacial score (nSPS) is 20.7. The highest BCUT2D eigenvalue weighted by atomic mass is 16.4. The van der Waals surface area contributed by atoms with Crippen LogP contribution in [-0.2, 0) is 4.79 Å². The van der Waals surface area contributed by atoms with Crippen LogP contribution in [0.4, 0.5) is 4.79 Å². The van der Waals surface area contributed by atoms with E-state index < -0.39 is 12.0 Å². The predicted molar refractivity (Wildman–Crippen MR) is 55.6 cm³/mol. The van der Waals surface area contributed by atoms with Gasteiger partial charge in [0, 0.05) is 13.1 Å². The van der Waals surface area contributed by atoms with Crippen LogP contribution in [0.15, 0.2) is 0 Å². The van der Waals surface area contributed by atoms with Gasteiger partial charge in [0.15, 0.2) is 0 Å². The molecule has 15 heavy (non-hydrogen) atoms. The Labute approximate surface area is 89.4 Å². The number of carboxylic acids is 1. The first kappa shape index (κ1) is 11.8. The molecule has 0 aromatic heterocycles. The Morgan fingerprint density at radius 1 is 1.53 bits per heavy atom. The van der Waals surface area contributed by atoms with Crippen molar-refractivity contribution < 1.29 is 14.7 Å². The molecule has 1 saturated heterocycles. The molecule has 0 aromatic rings. The fourth-order valence-corrected chi connectivity index (χ4v) is 1.66. The summed E-state index contributed by atoms with van der Waals surface area (Å²) < 4.78 is 0. The molecule has 0 aliphatic carbocycles. The average molecular weight is 214 g/mol. The third-order valence-corrected chi connectivity index (χ3v) is 2.46. The van der Waals surface area contributed by atoms with Crippen molar-refractivity contribution in [2.24, 2.45) is 5.92 Å². The Morgan fingerprint density at radius 2 is 2.20 bits per heavy atom. The monoisotopic (exact) mass is 214 g/mol. The second-order valence-corrected chi connectivity index (χ2v) is 4.27. The molecular weight excluding hydrogens is 196 g/mol. The first-order chi connectivity index (χ1) is 7.02. The molecule has 2 N–H and O–H groups in total. The molecule has 0 aromatic carbocycles. The maximum atomic E-state index is 11.6. The van der Waals surface area contributed by atoms with E-state index in [4.69, 9.17) is 5.11 Å². The van der Waals surface area contributed by atoms with E-state index in [-0.39, 0.29) is 6.03 Å². The first-order valence-electron chi connectivity index (χ1n) is 5.29. The average Bonchev–Trinajstić information content (AvgIpc) is 2.62. The molecule has 1 aliphatic rings. The number of aliphatic carboxylic acids is 1. The van der Waals surface area contributed by atoms with Gasteiger partial charge in [-0.3, -0.25) is 0 Å². The number of amides is 2. The molecule has 1 atom stereocenters. The van der Waals surface area contributed by atoms with Gasteiger partial charge in [0.1, 0.15) is 6.04 Å². The molecule has 0 unspecified atom stereocenters. The van der Waals surface area contributed by atoms with Crippen molar-refractivity contribution >= 4 is 12.0 Å². The minimum Gasteiger partial charge on any atom is -0.480 e. The number of hydrogen-bond acceptors (Lipinski definition) is 2. The van der Waals surface area contributed by atoms with E-state index in [2.05, 4.69) is 5.32 Å². The first-order valence-corrected chi connectivity index (χ1v) is 5.29.